The lowest BCUT2D eigenvalue weighted by Gasteiger charge is -2.33. The number of nitrogens with zero attached hydrogens (tertiary/aromatic N) is 3. The second kappa shape index (κ2) is 6.18. The minimum atomic E-state index is 0.666. The van der Waals surface area contributed by atoms with Crippen LogP contribution in [0.5, 0.6) is 0 Å². The van der Waals surface area contributed by atoms with E-state index in [1.54, 1.807) is 6.33 Å². The molecule has 1 aromatic heterocycles. The van der Waals surface area contributed by atoms with Crippen molar-refractivity contribution in [2.45, 2.75) is 32.2 Å². The van der Waals surface area contributed by atoms with E-state index in [1.807, 2.05) is 6.07 Å². The monoisotopic (exact) mass is 270 g/mol. The number of rotatable bonds is 4. The molecule has 106 valence electrons. The number of hydrogen-bond acceptors (Lipinski definition) is 4. The zero-order chi connectivity index (χ0) is 13.8. The highest BCUT2D eigenvalue weighted by Crippen LogP contribution is 2.25. The van der Waals surface area contributed by atoms with Gasteiger partial charge in [-0.2, -0.15) is 0 Å². The highest BCUT2D eigenvalue weighted by Gasteiger charge is 2.20. The Morgan fingerprint density at radius 1 is 1.20 bits per heavy atom. The molecule has 0 spiro atoms. The molecule has 1 aliphatic rings. The maximum absolute atomic E-state index is 4.51. The van der Waals surface area contributed by atoms with Crippen molar-refractivity contribution in [1.82, 2.24) is 15.3 Å². The fourth-order valence-electron chi connectivity index (χ4n) is 2.89. The second-order valence-corrected chi connectivity index (χ2v) is 5.43. The molecule has 0 unspecified atom stereocenters. The van der Waals surface area contributed by atoms with Gasteiger partial charge in [-0.15, -0.1) is 0 Å². The molecule has 2 aromatic rings. The zero-order valence-corrected chi connectivity index (χ0v) is 12.0. The van der Waals surface area contributed by atoms with Crippen molar-refractivity contribution in [2.75, 3.05) is 24.5 Å². The Hall–Kier alpha value is -1.68. The molecule has 0 atom stereocenters. The summed E-state index contributed by atoms with van der Waals surface area (Å²) in [5, 5.41) is 4.78. The van der Waals surface area contributed by atoms with Gasteiger partial charge in [-0.3, -0.25) is 0 Å². The Balaban J connectivity index is 1.74. The number of hydrogen-bond donors (Lipinski definition) is 1. The number of benzene rings is 1. The van der Waals surface area contributed by atoms with Crippen LogP contribution in [0.4, 0.5) is 5.82 Å². The Kier molecular flexibility index (Phi) is 4.11. The van der Waals surface area contributed by atoms with Gasteiger partial charge in [-0.25, -0.2) is 9.97 Å². The summed E-state index contributed by atoms with van der Waals surface area (Å²) in [6.07, 6.45) is 5.27. The van der Waals surface area contributed by atoms with Crippen molar-refractivity contribution in [2.24, 2.45) is 0 Å². The average Bonchev–Trinajstić information content (AvgIpc) is 2.53. The van der Waals surface area contributed by atoms with Crippen LogP contribution in [0, 0.1) is 0 Å². The lowest BCUT2D eigenvalue weighted by molar-refractivity contribution is 0.415. The minimum absolute atomic E-state index is 0.666. The number of para-hydroxylation sites is 1. The first-order valence-electron chi connectivity index (χ1n) is 7.56. The molecule has 1 saturated heterocycles. The van der Waals surface area contributed by atoms with Crippen LogP contribution < -0.4 is 10.2 Å². The first-order chi connectivity index (χ1) is 9.88. The van der Waals surface area contributed by atoms with Crippen LogP contribution in [0.2, 0.25) is 0 Å². The molecule has 0 bridgehead atoms. The van der Waals surface area contributed by atoms with E-state index in [0.717, 1.165) is 36.4 Å². The third-order valence-electron chi connectivity index (χ3n) is 4.00. The molecule has 1 aliphatic heterocycles. The van der Waals surface area contributed by atoms with E-state index < -0.39 is 0 Å². The molecule has 3 rings (SSSR count). The van der Waals surface area contributed by atoms with Crippen LogP contribution in [0.3, 0.4) is 0 Å². The van der Waals surface area contributed by atoms with E-state index in [9.17, 15) is 0 Å². The van der Waals surface area contributed by atoms with E-state index in [4.69, 9.17) is 0 Å². The summed E-state index contributed by atoms with van der Waals surface area (Å²) in [6, 6.07) is 8.92. The van der Waals surface area contributed by atoms with Gasteiger partial charge in [0.15, 0.2) is 0 Å². The minimum Gasteiger partial charge on any atom is -0.356 e. The van der Waals surface area contributed by atoms with Gasteiger partial charge in [-0.1, -0.05) is 19.1 Å². The zero-order valence-electron chi connectivity index (χ0n) is 12.0. The number of nitrogens with one attached hydrogen (secondary N) is 1. The summed E-state index contributed by atoms with van der Waals surface area (Å²) >= 11 is 0. The Labute approximate surface area is 120 Å². The second-order valence-electron chi connectivity index (χ2n) is 5.43. The van der Waals surface area contributed by atoms with Gasteiger partial charge in [0.05, 0.1) is 5.52 Å². The molecular weight excluding hydrogens is 248 g/mol. The van der Waals surface area contributed by atoms with Crippen LogP contribution in [0.1, 0.15) is 26.2 Å². The summed E-state index contributed by atoms with van der Waals surface area (Å²) in [7, 11) is 0. The maximum Gasteiger partial charge on any atom is 0.139 e. The van der Waals surface area contributed by atoms with E-state index in [1.165, 1.54) is 19.3 Å². The molecule has 0 saturated carbocycles. The van der Waals surface area contributed by atoms with Crippen LogP contribution in [-0.4, -0.2) is 35.6 Å². The normalized spacial score (nSPS) is 16.8. The average molecular weight is 270 g/mol. The molecule has 1 N–H and O–H groups in total. The van der Waals surface area contributed by atoms with Crippen molar-refractivity contribution in [3.63, 3.8) is 0 Å². The summed E-state index contributed by atoms with van der Waals surface area (Å²) < 4.78 is 0. The van der Waals surface area contributed by atoms with Gasteiger partial charge in [0.1, 0.15) is 12.1 Å². The van der Waals surface area contributed by atoms with Crippen molar-refractivity contribution < 1.29 is 0 Å². The molecule has 0 amide bonds. The van der Waals surface area contributed by atoms with Gasteiger partial charge >= 0.3 is 0 Å². The summed E-state index contributed by atoms with van der Waals surface area (Å²) in [6.45, 7) is 5.49. The third-order valence-corrected chi connectivity index (χ3v) is 4.00. The van der Waals surface area contributed by atoms with Crippen LogP contribution in [-0.2, 0) is 0 Å². The molecule has 0 aliphatic carbocycles. The fraction of sp³-hybridized carbons (Fsp3) is 0.500. The van der Waals surface area contributed by atoms with Crippen molar-refractivity contribution in [3.8, 4) is 0 Å². The van der Waals surface area contributed by atoms with Crippen LogP contribution in [0.25, 0.3) is 10.9 Å². The molecule has 20 heavy (non-hydrogen) atoms. The van der Waals surface area contributed by atoms with Crippen molar-refractivity contribution in [3.05, 3.63) is 30.6 Å². The predicted molar refractivity (Wildman–Crippen MR) is 83.1 cm³/mol. The van der Waals surface area contributed by atoms with Gasteiger partial charge in [0.25, 0.3) is 0 Å². The lowest BCUT2D eigenvalue weighted by Crippen LogP contribution is -2.43. The Morgan fingerprint density at radius 3 is 2.80 bits per heavy atom. The SMILES string of the molecule is CCCNC1CCN(c2ncnc3ccccc23)CC1. The Bertz CT molecular complexity index is 556. The lowest BCUT2D eigenvalue weighted by atomic mass is 10.0. The van der Waals surface area contributed by atoms with Gasteiger partial charge < -0.3 is 10.2 Å². The van der Waals surface area contributed by atoms with Crippen molar-refractivity contribution in [1.29, 1.82) is 0 Å². The standard InChI is InChI=1S/C16H22N4/c1-2-9-17-13-7-10-20(11-8-13)16-14-5-3-4-6-15(14)18-12-19-16/h3-6,12-13,17H,2,7-11H2,1H3. The molecule has 0 radical (unpaired) electrons. The molecule has 1 fully saturated rings. The third kappa shape index (κ3) is 2.75. The van der Waals surface area contributed by atoms with E-state index in [-0.39, 0.29) is 0 Å². The molecule has 4 heteroatoms. The number of fused-ring (bicyclic) bond motifs is 1. The largest absolute Gasteiger partial charge is 0.356 e. The number of anilines is 1. The summed E-state index contributed by atoms with van der Waals surface area (Å²) in [5.41, 5.74) is 1.03. The van der Waals surface area contributed by atoms with Crippen molar-refractivity contribution >= 4 is 16.7 Å². The van der Waals surface area contributed by atoms with E-state index in [0.29, 0.717) is 6.04 Å². The summed E-state index contributed by atoms with van der Waals surface area (Å²) in [4.78, 5) is 11.3. The summed E-state index contributed by atoms with van der Waals surface area (Å²) in [5.74, 6) is 1.09. The highest BCUT2D eigenvalue weighted by molar-refractivity contribution is 5.89. The maximum atomic E-state index is 4.51. The molecule has 4 nitrogen and oxygen atoms in total. The fourth-order valence-corrected chi connectivity index (χ4v) is 2.89. The molecular formula is C16H22N4. The van der Waals surface area contributed by atoms with Crippen LogP contribution in [0.15, 0.2) is 30.6 Å². The Morgan fingerprint density at radius 2 is 2.00 bits per heavy atom. The smallest absolute Gasteiger partial charge is 0.139 e. The van der Waals surface area contributed by atoms with Gasteiger partial charge in [0, 0.05) is 24.5 Å². The van der Waals surface area contributed by atoms with Gasteiger partial charge in [0.2, 0.25) is 0 Å². The molecule has 1 aromatic carbocycles. The number of aromatic nitrogens is 2. The number of piperidine rings is 1. The predicted octanol–water partition coefficient (Wildman–Crippen LogP) is 2.60. The van der Waals surface area contributed by atoms with E-state index >= 15 is 0 Å². The molecule has 2 heterocycles. The van der Waals surface area contributed by atoms with E-state index in [2.05, 4.69) is 45.3 Å². The topological polar surface area (TPSA) is 41.0 Å². The van der Waals surface area contributed by atoms with Gasteiger partial charge in [-0.05, 0) is 37.9 Å². The first kappa shape index (κ1) is 13.3. The first-order valence-corrected chi connectivity index (χ1v) is 7.56. The quantitative estimate of drug-likeness (QED) is 0.927. The van der Waals surface area contributed by atoms with Crippen LogP contribution >= 0.6 is 0 Å². The highest BCUT2D eigenvalue weighted by atomic mass is 15.2.